The first-order chi connectivity index (χ1) is 29.2. The van der Waals surface area contributed by atoms with E-state index in [2.05, 4.69) is 19.9 Å². The monoisotopic (exact) mass is 810 g/mol. The topological polar surface area (TPSA) is 182 Å². The number of imidazole rings is 2. The normalized spacial score (nSPS) is 16.5. The van der Waals surface area contributed by atoms with E-state index in [1.54, 1.807) is 56.4 Å². The molecule has 1 saturated heterocycles. The zero-order valence-electron chi connectivity index (χ0n) is 33.1. The van der Waals surface area contributed by atoms with E-state index in [-0.39, 0.29) is 43.5 Å². The van der Waals surface area contributed by atoms with Gasteiger partial charge in [-0.2, -0.15) is 0 Å². The number of hydrogen-bond acceptors (Lipinski definition) is 12. The van der Waals surface area contributed by atoms with Crippen LogP contribution >= 0.6 is 0 Å². The van der Waals surface area contributed by atoms with Gasteiger partial charge in [-0.15, -0.1) is 0 Å². The summed E-state index contributed by atoms with van der Waals surface area (Å²) in [5.41, 5.74) is 2.54. The highest BCUT2D eigenvalue weighted by atomic mass is 16.6. The van der Waals surface area contributed by atoms with Crippen LogP contribution in [0.25, 0.3) is 11.2 Å². The molecule has 16 heteroatoms. The maximum Gasteiger partial charge on any atom is 0.342 e. The molecule has 0 saturated carbocycles. The van der Waals surface area contributed by atoms with Gasteiger partial charge in [-0.25, -0.2) is 24.5 Å². The summed E-state index contributed by atoms with van der Waals surface area (Å²) >= 11 is 0. The molecule has 1 N–H and O–H groups in total. The Bertz CT molecular complexity index is 2540. The first-order valence-electron chi connectivity index (χ1n) is 19.2. The number of methoxy groups -OCH3 is 2. The summed E-state index contributed by atoms with van der Waals surface area (Å²) in [5, 5.41) is 23.0. The molecule has 8 rings (SSSR count). The number of rotatable bonds is 15. The lowest BCUT2D eigenvalue weighted by Gasteiger charge is -2.37. The summed E-state index contributed by atoms with van der Waals surface area (Å²) in [6.45, 7) is 0.0838. The fraction of sp³-hybridized carbons (Fsp3) is 0.250. The Morgan fingerprint density at radius 3 is 2.10 bits per heavy atom. The third-order valence-corrected chi connectivity index (χ3v) is 10.8. The van der Waals surface area contributed by atoms with Gasteiger partial charge < -0.3 is 34.2 Å². The van der Waals surface area contributed by atoms with Gasteiger partial charge in [-0.05, 0) is 58.0 Å². The van der Waals surface area contributed by atoms with Crippen LogP contribution in [-0.4, -0.2) is 84.6 Å². The molecule has 3 aromatic heterocycles. The molecule has 60 heavy (non-hydrogen) atoms. The van der Waals surface area contributed by atoms with Crippen molar-refractivity contribution in [3.8, 4) is 11.5 Å². The standard InChI is InChI=1S/C44H42N8O8/c1-49-37(45-25-38(49)52(55)56)22-23-50(43(54)29-10-6-4-7-11-29)41-40-42(47-27-46-41)51(28-48-40)39-24-35(53)36(60-39)26-59-44(30-12-8-5-9-13-30,31-14-18-33(57-2)19-15-31)32-16-20-34(58-3)21-17-32/h4-21,25,27-28,35-36,39,53H,22-24,26H2,1-3H3/t35-,36+,39+/m0/s1. The van der Waals surface area contributed by atoms with E-state index < -0.39 is 29.0 Å². The molecule has 0 radical (unpaired) electrons. The number of amides is 1. The Kier molecular flexibility index (Phi) is 11.3. The van der Waals surface area contributed by atoms with Crippen LogP contribution in [0.2, 0.25) is 0 Å². The van der Waals surface area contributed by atoms with E-state index in [1.807, 2.05) is 84.9 Å². The Labute approximate surface area is 344 Å². The summed E-state index contributed by atoms with van der Waals surface area (Å²) in [7, 11) is 4.79. The summed E-state index contributed by atoms with van der Waals surface area (Å²) in [6, 6.07) is 34.0. The van der Waals surface area contributed by atoms with Crippen molar-refractivity contribution in [2.75, 3.05) is 32.3 Å². The predicted molar refractivity (Wildman–Crippen MR) is 220 cm³/mol. The summed E-state index contributed by atoms with van der Waals surface area (Å²) in [6.07, 6.45) is 2.10. The van der Waals surface area contributed by atoms with Gasteiger partial charge in [0.2, 0.25) is 0 Å². The number of benzene rings is 4. The molecule has 0 unspecified atom stereocenters. The summed E-state index contributed by atoms with van der Waals surface area (Å²) in [5.74, 6) is 1.53. The SMILES string of the molecule is COc1ccc(C(OC[C@H]2O[C@@H](n3cnc4c(N(CCc5ncc([N+](=O)[O-])n5C)C(=O)c5ccccc5)ncnc43)C[C@@H]2O)(c2ccccc2)c2ccc(OC)cc2)cc1. The van der Waals surface area contributed by atoms with Crippen LogP contribution < -0.4 is 14.4 Å². The number of nitro groups is 1. The number of aliphatic hydroxyl groups excluding tert-OH is 1. The second-order valence-corrected chi connectivity index (χ2v) is 14.2. The van der Waals surface area contributed by atoms with Crippen molar-refractivity contribution in [1.29, 1.82) is 0 Å². The van der Waals surface area contributed by atoms with Crippen LogP contribution in [0.15, 0.2) is 128 Å². The average Bonchev–Trinajstić information content (AvgIpc) is 4.01. The number of aromatic nitrogens is 6. The lowest BCUT2D eigenvalue weighted by atomic mass is 9.80. The third kappa shape index (κ3) is 7.54. The Morgan fingerprint density at radius 1 is 0.883 bits per heavy atom. The zero-order valence-corrected chi connectivity index (χ0v) is 33.1. The summed E-state index contributed by atoms with van der Waals surface area (Å²) in [4.78, 5) is 44.5. The van der Waals surface area contributed by atoms with E-state index in [4.69, 9.17) is 18.9 Å². The number of aliphatic hydroxyl groups is 1. The number of anilines is 1. The van der Waals surface area contributed by atoms with Crippen LogP contribution in [-0.2, 0) is 28.5 Å². The summed E-state index contributed by atoms with van der Waals surface area (Å²) < 4.78 is 27.7. The first kappa shape index (κ1) is 39.8. The highest BCUT2D eigenvalue weighted by Gasteiger charge is 2.42. The van der Waals surface area contributed by atoms with Crippen LogP contribution in [0.3, 0.4) is 0 Å². The minimum absolute atomic E-state index is 0.00217. The Balaban J connectivity index is 1.10. The van der Waals surface area contributed by atoms with Crippen LogP contribution in [0.5, 0.6) is 11.5 Å². The molecular weight excluding hydrogens is 769 g/mol. The largest absolute Gasteiger partial charge is 0.497 e. The number of ether oxygens (including phenoxy) is 4. The van der Waals surface area contributed by atoms with Crippen molar-refractivity contribution in [3.63, 3.8) is 0 Å². The molecule has 1 aliphatic rings. The first-order valence-corrected chi connectivity index (χ1v) is 19.2. The molecular formula is C44H42N8O8. The lowest BCUT2D eigenvalue weighted by Crippen LogP contribution is -2.38. The minimum Gasteiger partial charge on any atom is -0.497 e. The van der Waals surface area contributed by atoms with Crippen molar-refractivity contribution in [2.24, 2.45) is 7.05 Å². The van der Waals surface area contributed by atoms with E-state index >= 15 is 0 Å². The smallest absolute Gasteiger partial charge is 0.342 e. The van der Waals surface area contributed by atoms with Gasteiger partial charge in [0.15, 0.2) is 22.8 Å². The van der Waals surface area contributed by atoms with E-state index in [1.165, 1.54) is 22.0 Å². The van der Waals surface area contributed by atoms with Crippen molar-refractivity contribution in [3.05, 3.63) is 166 Å². The quantitative estimate of drug-likeness (QED) is 0.0722. The highest BCUT2D eigenvalue weighted by Crippen LogP contribution is 2.43. The molecule has 4 aromatic carbocycles. The van der Waals surface area contributed by atoms with Gasteiger partial charge in [-0.3, -0.25) is 14.3 Å². The number of hydrogen-bond donors (Lipinski definition) is 1. The highest BCUT2D eigenvalue weighted by molar-refractivity contribution is 6.08. The second kappa shape index (κ2) is 17.1. The van der Waals surface area contributed by atoms with Gasteiger partial charge in [0, 0.05) is 24.9 Å². The molecule has 1 amide bonds. The fourth-order valence-corrected chi connectivity index (χ4v) is 7.66. The van der Waals surface area contributed by atoms with Gasteiger partial charge in [-0.1, -0.05) is 72.8 Å². The van der Waals surface area contributed by atoms with Crippen molar-refractivity contribution < 1.29 is 33.8 Å². The maximum absolute atomic E-state index is 14.1. The number of fused-ring (bicyclic) bond motifs is 1. The maximum atomic E-state index is 14.1. The van der Waals surface area contributed by atoms with Crippen LogP contribution in [0, 0.1) is 10.1 Å². The molecule has 0 spiro atoms. The predicted octanol–water partition coefficient (Wildman–Crippen LogP) is 6.03. The van der Waals surface area contributed by atoms with Crippen molar-refractivity contribution in [1.82, 2.24) is 29.1 Å². The van der Waals surface area contributed by atoms with Gasteiger partial charge in [0.25, 0.3) is 5.91 Å². The van der Waals surface area contributed by atoms with Crippen molar-refractivity contribution in [2.45, 2.75) is 36.9 Å². The van der Waals surface area contributed by atoms with E-state index in [0.29, 0.717) is 34.1 Å². The number of carbonyl (C=O) groups excluding carboxylic acids is 1. The Morgan fingerprint density at radius 2 is 1.50 bits per heavy atom. The van der Waals surface area contributed by atoms with Crippen LogP contribution in [0.1, 0.15) is 45.5 Å². The molecule has 7 aromatic rings. The van der Waals surface area contributed by atoms with Crippen LogP contribution in [0.4, 0.5) is 11.6 Å². The molecule has 16 nitrogen and oxygen atoms in total. The second-order valence-electron chi connectivity index (χ2n) is 14.2. The Hall–Kier alpha value is -7.01. The number of nitrogens with zero attached hydrogens (tertiary/aromatic N) is 8. The van der Waals surface area contributed by atoms with Gasteiger partial charge in [0.05, 0.1) is 40.3 Å². The third-order valence-electron chi connectivity index (χ3n) is 10.8. The van der Waals surface area contributed by atoms with Crippen molar-refractivity contribution >= 4 is 28.7 Å². The lowest BCUT2D eigenvalue weighted by molar-refractivity contribution is -0.391. The number of carbonyl (C=O) groups is 1. The average molecular weight is 811 g/mol. The van der Waals surface area contributed by atoms with E-state index in [0.717, 1.165) is 16.7 Å². The van der Waals surface area contributed by atoms with Gasteiger partial charge >= 0.3 is 5.82 Å². The van der Waals surface area contributed by atoms with Gasteiger partial charge in [0.1, 0.15) is 42.0 Å². The fourth-order valence-electron chi connectivity index (χ4n) is 7.66. The minimum atomic E-state index is -1.13. The zero-order chi connectivity index (χ0) is 41.8. The molecule has 1 aliphatic heterocycles. The molecule has 0 aliphatic carbocycles. The molecule has 0 bridgehead atoms. The van der Waals surface area contributed by atoms with E-state index in [9.17, 15) is 20.0 Å². The molecule has 3 atom stereocenters. The molecule has 4 heterocycles. The molecule has 306 valence electrons. The molecule has 1 fully saturated rings.